The Labute approximate surface area is 130 Å². The Morgan fingerprint density at radius 2 is 2.14 bits per heavy atom. The van der Waals surface area contributed by atoms with Gasteiger partial charge in [-0.2, -0.15) is 0 Å². The van der Waals surface area contributed by atoms with Crippen LogP contribution in [0.5, 0.6) is 0 Å². The minimum atomic E-state index is -0.486. The van der Waals surface area contributed by atoms with Crippen LogP contribution in [0.2, 0.25) is 5.02 Å². The lowest BCUT2D eigenvalue weighted by Gasteiger charge is -2.26. The summed E-state index contributed by atoms with van der Waals surface area (Å²) in [4.78, 5) is 14.1. The lowest BCUT2D eigenvalue weighted by Crippen LogP contribution is -2.36. The zero-order valence-electron chi connectivity index (χ0n) is 12.6. The molecule has 0 saturated carbocycles. The quantitative estimate of drug-likeness (QED) is 0.686. The van der Waals surface area contributed by atoms with Crippen LogP contribution in [-0.4, -0.2) is 29.7 Å². The fraction of sp³-hybridized carbons (Fsp3) is 0.562. The molecule has 5 heteroatoms. The second kappa shape index (κ2) is 4.89. The van der Waals surface area contributed by atoms with E-state index < -0.39 is 5.60 Å². The van der Waals surface area contributed by atoms with Crippen LogP contribution < -0.4 is 0 Å². The van der Waals surface area contributed by atoms with Gasteiger partial charge in [0, 0.05) is 24.5 Å². The van der Waals surface area contributed by atoms with Crippen LogP contribution in [0.1, 0.15) is 38.3 Å². The zero-order valence-corrected chi connectivity index (χ0v) is 13.4. The topological polar surface area (TPSA) is 42.1 Å². The number of fused-ring (bicyclic) bond motifs is 2. The van der Waals surface area contributed by atoms with Gasteiger partial charge in [-0.3, -0.25) is 0 Å². The number of carbonyl (C=O) groups excluding carboxylic acids is 1. The van der Waals surface area contributed by atoms with Crippen molar-refractivity contribution in [1.29, 1.82) is 0 Å². The van der Waals surface area contributed by atoms with E-state index in [1.807, 2.05) is 39.0 Å². The summed E-state index contributed by atoms with van der Waals surface area (Å²) >= 11 is 6.11. The highest BCUT2D eigenvalue weighted by atomic mass is 35.5. The average molecular weight is 310 g/mol. The molecule has 0 aliphatic carbocycles. The van der Waals surface area contributed by atoms with Crippen molar-refractivity contribution >= 4 is 17.7 Å². The maximum absolute atomic E-state index is 12.3. The van der Waals surface area contributed by atoms with Crippen LogP contribution in [0.25, 0.3) is 0 Å². The van der Waals surface area contributed by atoms with E-state index >= 15 is 0 Å². The van der Waals surface area contributed by atoms with Crippen molar-refractivity contribution in [3.05, 3.63) is 34.3 Å². The van der Waals surface area contributed by atoms with Crippen LogP contribution in [0.3, 0.4) is 0 Å². The minimum absolute atomic E-state index is 0.253. The van der Waals surface area contributed by atoms with Gasteiger partial charge in [0.15, 0.2) is 0 Å². The van der Waals surface area contributed by atoms with Crippen LogP contribution >= 0.6 is 11.6 Å². The molecule has 0 unspecified atom stereocenters. The molecule has 1 amide bonds. The highest BCUT2D eigenvalue weighted by Crippen LogP contribution is 2.46. The summed E-state index contributed by atoms with van der Waals surface area (Å²) in [6.07, 6.45) is 0.501. The Balaban J connectivity index is 1.86. The first-order valence-corrected chi connectivity index (χ1v) is 7.58. The molecule has 1 fully saturated rings. The number of ether oxygens (including phenoxy) is 2. The SMILES string of the molecule is CC(C)(C)OC(=O)N1CC[C@@]2(CO2)c2cc(Cl)ccc2C1. The van der Waals surface area contributed by atoms with Gasteiger partial charge in [-0.1, -0.05) is 17.7 Å². The number of amides is 1. The summed E-state index contributed by atoms with van der Waals surface area (Å²) in [5.41, 5.74) is 1.46. The lowest BCUT2D eigenvalue weighted by atomic mass is 9.93. The van der Waals surface area contributed by atoms with Crippen LogP contribution in [0.15, 0.2) is 18.2 Å². The van der Waals surface area contributed by atoms with Crippen molar-refractivity contribution in [1.82, 2.24) is 4.90 Å². The number of epoxide rings is 1. The van der Waals surface area contributed by atoms with E-state index in [1.54, 1.807) is 4.90 Å². The molecule has 4 nitrogen and oxygen atoms in total. The van der Waals surface area contributed by atoms with Gasteiger partial charge in [0.2, 0.25) is 0 Å². The van der Waals surface area contributed by atoms with E-state index in [4.69, 9.17) is 21.1 Å². The Kier molecular flexibility index (Phi) is 3.41. The summed E-state index contributed by atoms with van der Waals surface area (Å²) in [5.74, 6) is 0. The van der Waals surface area contributed by atoms with Crippen LogP contribution in [0.4, 0.5) is 4.79 Å². The number of nitrogens with zero attached hydrogens (tertiary/aromatic N) is 1. The molecule has 1 aromatic carbocycles. The fourth-order valence-electron chi connectivity index (χ4n) is 2.71. The van der Waals surface area contributed by atoms with Crippen molar-refractivity contribution in [2.24, 2.45) is 0 Å². The van der Waals surface area contributed by atoms with Crippen molar-refractivity contribution in [2.45, 2.75) is 44.9 Å². The number of hydrogen-bond acceptors (Lipinski definition) is 3. The van der Waals surface area contributed by atoms with E-state index in [-0.39, 0.29) is 11.7 Å². The molecule has 0 N–H and O–H groups in total. The number of benzene rings is 1. The van der Waals surface area contributed by atoms with Crippen molar-refractivity contribution in [2.75, 3.05) is 13.2 Å². The minimum Gasteiger partial charge on any atom is -0.444 e. The summed E-state index contributed by atoms with van der Waals surface area (Å²) in [7, 11) is 0. The Morgan fingerprint density at radius 1 is 1.43 bits per heavy atom. The molecule has 1 atom stereocenters. The fourth-order valence-corrected chi connectivity index (χ4v) is 2.89. The summed E-state index contributed by atoms with van der Waals surface area (Å²) < 4.78 is 11.2. The average Bonchev–Trinajstić information content (AvgIpc) is 3.16. The number of carbonyl (C=O) groups is 1. The summed E-state index contributed by atoms with van der Waals surface area (Å²) in [6, 6.07) is 5.79. The first-order valence-electron chi connectivity index (χ1n) is 7.20. The van der Waals surface area contributed by atoms with Crippen molar-refractivity contribution in [3.63, 3.8) is 0 Å². The van der Waals surface area contributed by atoms with E-state index in [0.717, 1.165) is 17.5 Å². The normalized spacial score (nSPS) is 24.5. The zero-order chi connectivity index (χ0) is 15.3. The Hall–Kier alpha value is -1.26. The number of halogens is 1. The molecule has 1 saturated heterocycles. The van der Waals surface area contributed by atoms with E-state index in [0.29, 0.717) is 24.7 Å². The maximum Gasteiger partial charge on any atom is 0.410 e. The summed E-state index contributed by atoms with van der Waals surface area (Å²) in [5, 5.41) is 0.703. The van der Waals surface area contributed by atoms with Crippen molar-refractivity contribution in [3.8, 4) is 0 Å². The Morgan fingerprint density at radius 3 is 2.76 bits per heavy atom. The van der Waals surface area contributed by atoms with Gasteiger partial charge in [-0.05, 0) is 44.0 Å². The molecule has 114 valence electrons. The second-order valence-corrected chi connectivity index (χ2v) is 7.17. The number of rotatable bonds is 0. The smallest absolute Gasteiger partial charge is 0.410 e. The number of hydrogen-bond donors (Lipinski definition) is 0. The third-order valence-corrected chi connectivity index (χ3v) is 4.09. The van der Waals surface area contributed by atoms with Crippen LogP contribution in [-0.2, 0) is 21.6 Å². The third kappa shape index (κ3) is 3.01. The standard InChI is InChI=1S/C16H20ClNO3/c1-15(2,3)21-14(19)18-7-6-16(10-20-16)13-8-12(17)5-4-11(13)9-18/h4-5,8H,6-7,9-10H2,1-3H3/t16-/m1/s1. The molecule has 0 radical (unpaired) electrons. The Bertz CT molecular complexity index is 575. The van der Waals surface area contributed by atoms with Gasteiger partial charge < -0.3 is 14.4 Å². The molecule has 21 heavy (non-hydrogen) atoms. The van der Waals surface area contributed by atoms with E-state index in [1.165, 1.54) is 0 Å². The lowest BCUT2D eigenvalue weighted by molar-refractivity contribution is 0.0229. The monoisotopic (exact) mass is 309 g/mol. The van der Waals surface area contributed by atoms with Gasteiger partial charge >= 0.3 is 6.09 Å². The first-order chi connectivity index (χ1) is 9.79. The van der Waals surface area contributed by atoms with Crippen LogP contribution in [0, 0.1) is 0 Å². The predicted octanol–water partition coefficient (Wildman–Crippen LogP) is 3.71. The largest absolute Gasteiger partial charge is 0.444 e. The molecule has 0 aromatic heterocycles. The molecule has 2 aliphatic heterocycles. The molecular formula is C16H20ClNO3. The summed E-state index contributed by atoms with van der Waals surface area (Å²) in [6.45, 7) is 7.49. The van der Waals surface area contributed by atoms with Gasteiger partial charge in [-0.25, -0.2) is 4.79 Å². The molecule has 0 bridgehead atoms. The highest BCUT2D eigenvalue weighted by molar-refractivity contribution is 6.30. The molecule has 1 spiro atoms. The maximum atomic E-state index is 12.3. The first kappa shape index (κ1) is 14.7. The van der Waals surface area contributed by atoms with Gasteiger partial charge in [-0.15, -0.1) is 0 Å². The van der Waals surface area contributed by atoms with Gasteiger partial charge in [0.05, 0.1) is 6.61 Å². The van der Waals surface area contributed by atoms with E-state index in [2.05, 4.69) is 0 Å². The highest BCUT2D eigenvalue weighted by Gasteiger charge is 2.49. The molecule has 1 aromatic rings. The molecule has 2 heterocycles. The van der Waals surface area contributed by atoms with Gasteiger partial charge in [0.1, 0.15) is 11.2 Å². The van der Waals surface area contributed by atoms with Crippen molar-refractivity contribution < 1.29 is 14.3 Å². The predicted molar refractivity (Wildman–Crippen MR) is 80.3 cm³/mol. The molecular weight excluding hydrogens is 290 g/mol. The second-order valence-electron chi connectivity index (χ2n) is 6.74. The molecule has 2 aliphatic rings. The third-order valence-electron chi connectivity index (χ3n) is 3.85. The molecule has 3 rings (SSSR count). The van der Waals surface area contributed by atoms with Gasteiger partial charge in [0.25, 0.3) is 0 Å². The van der Waals surface area contributed by atoms with E-state index in [9.17, 15) is 4.79 Å².